The van der Waals surface area contributed by atoms with Gasteiger partial charge in [0.2, 0.25) is 5.91 Å². The van der Waals surface area contributed by atoms with E-state index in [1.165, 1.54) is 0 Å². The predicted molar refractivity (Wildman–Crippen MR) is 80.1 cm³/mol. The average molecular weight is 317 g/mol. The van der Waals surface area contributed by atoms with Crippen LogP contribution in [-0.2, 0) is 22.7 Å². The van der Waals surface area contributed by atoms with E-state index in [1.807, 2.05) is 12.1 Å². The highest BCUT2D eigenvalue weighted by molar-refractivity contribution is 5.81. The standard InChI is InChI=1S/C17H19NO5/c19-16(12-5-6-13(9-12)17(20)21)18(10-14-3-1-7-22-14)11-15-4-2-8-23-15/h1-4,7-8,12-13H,5-6,9-11H2,(H,20,21)/t12-,13+/m0/s1. The number of carbonyl (C=O) groups is 2. The van der Waals surface area contributed by atoms with E-state index in [2.05, 4.69) is 0 Å². The van der Waals surface area contributed by atoms with Gasteiger partial charge in [-0.05, 0) is 43.5 Å². The van der Waals surface area contributed by atoms with Gasteiger partial charge < -0.3 is 18.8 Å². The Kier molecular flexibility index (Phi) is 4.50. The smallest absolute Gasteiger partial charge is 0.306 e. The molecule has 0 spiro atoms. The molecule has 0 saturated heterocycles. The fourth-order valence-corrected chi connectivity index (χ4v) is 3.08. The molecule has 0 bridgehead atoms. The van der Waals surface area contributed by atoms with Crippen LogP contribution in [0.4, 0.5) is 0 Å². The second-order valence-corrected chi connectivity index (χ2v) is 5.90. The lowest BCUT2D eigenvalue weighted by molar-refractivity contribution is -0.142. The van der Waals surface area contributed by atoms with Crippen molar-refractivity contribution >= 4 is 11.9 Å². The number of carboxylic acids is 1. The molecule has 0 radical (unpaired) electrons. The molecular formula is C17H19NO5. The topological polar surface area (TPSA) is 83.9 Å². The lowest BCUT2D eigenvalue weighted by Gasteiger charge is -2.24. The number of amides is 1. The summed E-state index contributed by atoms with van der Waals surface area (Å²) in [6.45, 7) is 0.696. The van der Waals surface area contributed by atoms with Gasteiger partial charge in [-0.15, -0.1) is 0 Å². The normalized spacial score (nSPS) is 20.5. The first-order chi connectivity index (χ1) is 11.1. The number of carbonyl (C=O) groups excluding carboxylic acids is 1. The van der Waals surface area contributed by atoms with Crippen LogP contribution in [0.2, 0.25) is 0 Å². The quantitative estimate of drug-likeness (QED) is 0.885. The van der Waals surface area contributed by atoms with Crippen LogP contribution in [0, 0.1) is 11.8 Å². The second-order valence-electron chi connectivity index (χ2n) is 5.90. The zero-order valence-electron chi connectivity index (χ0n) is 12.7. The van der Waals surface area contributed by atoms with Crippen LogP contribution in [0.25, 0.3) is 0 Å². The van der Waals surface area contributed by atoms with Crippen molar-refractivity contribution in [2.75, 3.05) is 0 Å². The minimum absolute atomic E-state index is 0.0402. The molecule has 0 aliphatic heterocycles. The summed E-state index contributed by atoms with van der Waals surface area (Å²) >= 11 is 0. The first-order valence-corrected chi connectivity index (χ1v) is 7.70. The molecule has 2 atom stereocenters. The average Bonchev–Trinajstić information content (AvgIpc) is 3.28. The maximum Gasteiger partial charge on any atom is 0.306 e. The van der Waals surface area contributed by atoms with Crippen molar-refractivity contribution < 1.29 is 23.5 Å². The molecule has 1 amide bonds. The molecule has 1 saturated carbocycles. The molecule has 1 N–H and O–H groups in total. The van der Waals surface area contributed by atoms with Gasteiger partial charge in [0.15, 0.2) is 0 Å². The van der Waals surface area contributed by atoms with E-state index >= 15 is 0 Å². The number of aliphatic carboxylic acids is 1. The van der Waals surface area contributed by atoms with E-state index in [1.54, 1.807) is 29.6 Å². The number of carboxylic acid groups (broad SMARTS) is 1. The van der Waals surface area contributed by atoms with Gasteiger partial charge in [-0.2, -0.15) is 0 Å². The van der Waals surface area contributed by atoms with Crippen molar-refractivity contribution in [2.24, 2.45) is 11.8 Å². The highest BCUT2D eigenvalue weighted by atomic mass is 16.4. The summed E-state index contributed by atoms with van der Waals surface area (Å²) in [5.74, 6) is -0.139. The van der Waals surface area contributed by atoms with Gasteiger partial charge in [-0.3, -0.25) is 9.59 Å². The van der Waals surface area contributed by atoms with Gasteiger partial charge >= 0.3 is 5.97 Å². The van der Waals surface area contributed by atoms with E-state index in [-0.39, 0.29) is 11.8 Å². The highest BCUT2D eigenvalue weighted by Gasteiger charge is 2.36. The lowest BCUT2D eigenvalue weighted by Crippen LogP contribution is -2.34. The zero-order chi connectivity index (χ0) is 16.2. The van der Waals surface area contributed by atoms with Crippen LogP contribution in [0.15, 0.2) is 45.6 Å². The fraction of sp³-hybridized carbons (Fsp3) is 0.412. The number of rotatable bonds is 6. The number of furan rings is 2. The van der Waals surface area contributed by atoms with Crippen LogP contribution in [-0.4, -0.2) is 21.9 Å². The molecule has 2 aromatic heterocycles. The first-order valence-electron chi connectivity index (χ1n) is 7.70. The summed E-state index contributed by atoms with van der Waals surface area (Å²) in [5.41, 5.74) is 0. The van der Waals surface area contributed by atoms with Crippen LogP contribution in [0.1, 0.15) is 30.8 Å². The third-order valence-corrected chi connectivity index (χ3v) is 4.30. The van der Waals surface area contributed by atoms with Crippen LogP contribution in [0.3, 0.4) is 0 Å². The summed E-state index contributed by atoms with van der Waals surface area (Å²) in [4.78, 5) is 25.6. The molecule has 6 nitrogen and oxygen atoms in total. The van der Waals surface area contributed by atoms with Gasteiger partial charge in [0.1, 0.15) is 11.5 Å². The summed E-state index contributed by atoms with van der Waals surface area (Å²) in [5, 5.41) is 9.11. The van der Waals surface area contributed by atoms with Crippen molar-refractivity contribution in [3.8, 4) is 0 Å². The van der Waals surface area contributed by atoms with Crippen LogP contribution in [0.5, 0.6) is 0 Å². The Morgan fingerprint density at radius 3 is 2.04 bits per heavy atom. The molecule has 0 unspecified atom stereocenters. The number of nitrogens with zero attached hydrogens (tertiary/aromatic N) is 1. The zero-order valence-corrected chi connectivity index (χ0v) is 12.7. The largest absolute Gasteiger partial charge is 0.481 e. The van der Waals surface area contributed by atoms with Gasteiger partial charge in [0.25, 0.3) is 0 Å². The number of hydrogen-bond donors (Lipinski definition) is 1. The van der Waals surface area contributed by atoms with E-state index in [0.29, 0.717) is 43.9 Å². The first kappa shape index (κ1) is 15.4. The Labute approximate surface area is 133 Å². The van der Waals surface area contributed by atoms with Crippen LogP contribution >= 0.6 is 0 Å². The molecule has 3 rings (SSSR count). The maximum absolute atomic E-state index is 12.8. The van der Waals surface area contributed by atoms with E-state index < -0.39 is 11.9 Å². The Morgan fingerprint density at radius 2 is 1.61 bits per heavy atom. The summed E-state index contributed by atoms with van der Waals surface area (Å²) in [6, 6.07) is 7.19. The van der Waals surface area contributed by atoms with Gasteiger partial charge in [-0.1, -0.05) is 0 Å². The minimum atomic E-state index is -0.816. The lowest BCUT2D eigenvalue weighted by atomic mass is 10.0. The fourth-order valence-electron chi connectivity index (χ4n) is 3.08. The molecule has 23 heavy (non-hydrogen) atoms. The summed E-state index contributed by atoms with van der Waals surface area (Å²) in [7, 11) is 0. The molecule has 2 heterocycles. The molecule has 0 aromatic carbocycles. The Hall–Kier alpha value is -2.50. The van der Waals surface area contributed by atoms with Crippen molar-refractivity contribution in [2.45, 2.75) is 32.4 Å². The van der Waals surface area contributed by atoms with E-state index in [0.717, 1.165) is 0 Å². The minimum Gasteiger partial charge on any atom is -0.481 e. The van der Waals surface area contributed by atoms with Gasteiger partial charge in [0.05, 0.1) is 31.5 Å². The highest BCUT2D eigenvalue weighted by Crippen LogP contribution is 2.33. The molecule has 6 heteroatoms. The monoisotopic (exact) mass is 317 g/mol. The predicted octanol–water partition coefficient (Wildman–Crippen LogP) is 2.90. The Morgan fingerprint density at radius 1 is 1.04 bits per heavy atom. The maximum atomic E-state index is 12.8. The molecule has 1 aliphatic carbocycles. The third-order valence-electron chi connectivity index (χ3n) is 4.30. The number of hydrogen-bond acceptors (Lipinski definition) is 4. The van der Waals surface area contributed by atoms with Crippen LogP contribution < -0.4 is 0 Å². The molecule has 1 aliphatic rings. The van der Waals surface area contributed by atoms with Crippen molar-refractivity contribution in [3.05, 3.63) is 48.3 Å². The van der Waals surface area contributed by atoms with Crippen molar-refractivity contribution in [1.29, 1.82) is 0 Å². The van der Waals surface area contributed by atoms with Crippen molar-refractivity contribution in [3.63, 3.8) is 0 Å². The summed E-state index contributed by atoms with van der Waals surface area (Å²) in [6.07, 6.45) is 4.71. The molecule has 2 aromatic rings. The molecule has 1 fully saturated rings. The van der Waals surface area contributed by atoms with Gasteiger partial charge in [-0.25, -0.2) is 0 Å². The SMILES string of the molecule is O=C(O)[C@@H]1CC[C@H](C(=O)N(Cc2ccco2)Cc2ccco2)C1. The Balaban J connectivity index is 1.71. The van der Waals surface area contributed by atoms with Gasteiger partial charge in [0, 0.05) is 5.92 Å². The third kappa shape index (κ3) is 3.64. The summed E-state index contributed by atoms with van der Waals surface area (Å²) < 4.78 is 10.7. The molecule has 122 valence electrons. The van der Waals surface area contributed by atoms with E-state index in [9.17, 15) is 9.59 Å². The van der Waals surface area contributed by atoms with Crippen molar-refractivity contribution in [1.82, 2.24) is 4.90 Å². The second kappa shape index (κ2) is 6.73. The van der Waals surface area contributed by atoms with E-state index in [4.69, 9.17) is 13.9 Å². The molecular weight excluding hydrogens is 298 g/mol. The Bertz CT molecular complexity index is 610.